The Kier molecular flexibility index (Phi) is 8.13. The number of aryl methyl sites for hydroxylation is 3. The second kappa shape index (κ2) is 12.3. The van der Waals surface area contributed by atoms with Gasteiger partial charge in [-0.1, -0.05) is 30.3 Å². The summed E-state index contributed by atoms with van der Waals surface area (Å²) in [7, 11) is 3.47. The van der Waals surface area contributed by atoms with Crippen LogP contribution in [0.1, 0.15) is 21.6 Å². The molecule has 0 radical (unpaired) electrons. The highest BCUT2D eigenvalue weighted by molar-refractivity contribution is 7.14. The topological polar surface area (TPSA) is 98.8 Å². The summed E-state index contributed by atoms with van der Waals surface area (Å²) in [5.41, 5.74) is -0.228. The third-order valence-corrected chi connectivity index (χ3v) is 9.54. The molecule has 0 aliphatic carbocycles. The van der Waals surface area contributed by atoms with Crippen molar-refractivity contribution >= 4 is 44.0 Å². The van der Waals surface area contributed by atoms with Crippen molar-refractivity contribution in [2.45, 2.75) is 25.1 Å². The minimum atomic E-state index is -4.94. The number of hydrogen-bond acceptors (Lipinski definition) is 6. The van der Waals surface area contributed by atoms with Gasteiger partial charge in [-0.15, -0.1) is 11.3 Å². The lowest BCUT2D eigenvalue weighted by Crippen LogP contribution is -2.43. The highest BCUT2D eigenvalue weighted by atomic mass is 32.1. The van der Waals surface area contributed by atoms with Crippen LogP contribution in [-0.4, -0.2) is 56.7 Å². The Labute approximate surface area is 282 Å². The number of benzene rings is 3. The van der Waals surface area contributed by atoms with Crippen molar-refractivity contribution in [2.24, 2.45) is 14.1 Å². The summed E-state index contributed by atoms with van der Waals surface area (Å²) in [5, 5.41) is 31.9. The Hall–Kier alpha value is -5.24. The number of fused-ring (bicyclic) bond motifs is 3. The van der Waals surface area contributed by atoms with E-state index in [-0.39, 0.29) is 17.7 Å². The fourth-order valence-corrected chi connectivity index (χ4v) is 6.96. The molecule has 13 heteroatoms. The van der Waals surface area contributed by atoms with Crippen LogP contribution < -0.4 is 0 Å². The summed E-state index contributed by atoms with van der Waals surface area (Å²) >= 11 is 1.74. The van der Waals surface area contributed by atoms with Gasteiger partial charge in [-0.05, 0) is 66.9 Å². The number of para-hydroxylation sites is 1. The van der Waals surface area contributed by atoms with Gasteiger partial charge in [0, 0.05) is 65.2 Å². The van der Waals surface area contributed by atoms with Crippen LogP contribution in [-0.2, 0) is 26.1 Å². The van der Waals surface area contributed by atoms with Crippen molar-refractivity contribution in [1.29, 1.82) is 0 Å². The van der Waals surface area contributed by atoms with Crippen LogP contribution in [0, 0.1) is 6.92 Å². The highest BCUT2D eigenvalue weighted by Gasteiger charge is 2.57. The van der Waals surface area contributed by atoms with Crippen molar-refractivity contribution in [3.8, 4) is 10.8 Å². The monoisotopic (exact) mass is 683 g/mol. The van der Waals surface area contributed by atoms with Crippen LogP contribution in [0.3, 0.4) is 0 Å². The SMILES string of the molecule is Cc1ccc(-n2ncc3cc(CCO)ccc32)s1.Cn1cnc(-n2ncc3cc(C(O)(c4cn(C)c5ccccc45)C(F)(F)F)ccc32)c1. The summed E-state index contributed by atoms with van der Waals surface area (Å²) < 4.78 is 50.0. The molecule has 0 fully saturated rings. The van der Waals surface area contributed by atoms with Crippen molar-refractivity contribution in [3.05, 3.63) is 125 Å². The largest absolute Gasteiger partial charge is 0.425 e. The fourth-order valence-electron chi connectivity index (χ4n) is 6.13. The first-order chi connectivity index (χ1) is 23.5. The van der Waals surface area contributed by atoms with E-state index >= 15 is 0 Å². The van der Waals surface area contributed by atoms with Crippen LogP contribution in [0.5, 0.6) is 0 Å². The Bertz CT molecular complexity index is 2430. The average Bonchev–Trinajstić information content (AvgIpc) is 3.92. The Balaban J connectivity index is 0.000000178. The standard InChI is InChI=1S/C22H18F3N5O.C14H14N2OS/c1-28-12-20(26-13-28)30-18-8-7-15(9-14(18)10-27-30)21(31,22(23,24)25)17-11-29(2)19-6-4-3-5-16(17)19;1-10-2-5-14(18-10)16-13-4-3-11(6-7-17)8-12(13)9-15-16/h3-13,31H,1-2H3;2-5,8-9,17H,6-7H2,1H3. The normalized spacial score (nSPS) is 13.2. The zero-order valence-corrected chi connectivity index (χ0v) is 27.6. The molecule has 0 aliphatic heterocycles. The second-order valence-electron chi connectivity index (χ2n) is 11.9. The van der Waals surface area contributed by atoms with Gasteiger partial charge in [0.1, 0.15) is 5.00 Å². The zero-order chi connectivity index (χ0) is 34.5. The number of aromatic nitrogens is 7. The molecule has 9 nitrogen and oxygen atoms in total. The molecule has 8 rings (SSSR count). The molecule has 5 aromatic heterocycles. The first-order valence-corrected chi connectivity index (χ1v) is 16.2. The Morgan fingerprint density at radius 3 is 2.22 bits per heavy atom. The van der Waals surface area contributed by atoms with Crippen molar-refractivity contribution < 1.29 is 23.4 Å². The third-order valence-electron chi connectivity index (χ3n) is 8.56. The Morgan fingerprint density at radius 2 is 1.53 bits per heavy atom. The lowest BCUT2D eigenvalue weighted by Gasteiger charge is -2.31. The van der Waals surface area contributed by atoms with Gasteiger partial charge in [0.15, 0.2) is 5.82 Å². The molecule has 250 valence electrons. The van der Waals surface area contributed by atoms with Crippen LogP contribution in [0.2, 0.25) is 0 Å². The molecule has 0 bridgehead atoms. The number of aliphatic hydroxyl groups is 2. The molecule has 49 heavy (non-hydrogen) atoms. The number of nitrogens with zero attached hydrogens (tertiary/aromatic N) is 7. The van der Waals surface area contributed by atoms with E-state index in [1.807, 2.05) is 17.9 Å². The van der Waals surface area contributed by atoms with Crippen LogP contribution in [0.25, 0.3) is 43.5 Å². The van der Waals surface area contributed by atoms with Crippen molar-refractivity contribution in [2.75, 3.05) is 6.61 Å². The second-order valence-corrected chi connectivity index (χ2v) is 13.2. The Morgan fingerprint density at radius 1 is 0.816 bits per heavy atom. The van der Waals surface area contributed by atoms with Gasteiger partial charge >= 0.3 is 6.18 Å². The summed E-state index contributed by atoms with van der Waals surface area (Å²) in [6, 6.07) is 21.3. The van der Waals surface area contributed by atoms with E-state index in [4.69, 9.17) is 5.11 Å². The van der Waals surface area contributed by atoms with Gasteiger partial charge < -0.3 is 19.3 Å². The van der Waals surface area contributed by atoms with E-state index in [0.29, 0.717) is 34.0 Å². The maximum absolute atomic E-state index is 14.4. The molecular formula is C36H32F3N7O2S. The number of aliphatic hydroxyl groups excluding tert-OH is 1. The quantitative estimate of drug-likeness (QED) is 0.197. The number of hydrogen-bond donors (Lipinski definition) is 2. The first-order valence-electron chi connectivity index (χ1n) is 15.4. The van der Waals surface area contributed by atoms with E-state index in [1.54, 1.807) is 69.0 Å². The zero-order valence-electron chi connectivity index (χ0n) is 26.8. The van der Waals surface area contributed by atoms with Gasteiger partial charge in [-0.25, -0.2) is 14.3 Å². The molecule has 0 saturated heterocycles. The molecule has 0 aliphatic rings. The number of alkyl halides is 3. The minimum absolute atomic E-state index is 0.184. The number of halogens is 3. The van der Waals surface area contributed by atoms with Crippen molar-refractivity contribution in [1.82, 2.24) is 33.7 Å². The van der Waals surface area contributed by atoms with Gasteiger partial charge in [0.25, 0.3) is 0 Å². The maximum atomic E-state index is 14.4. The van der Waals surface area contributed by atoms with E-state index in [2.05, 4.69) is 52.4 Å². The van der Waals surface area contributed by atoms with Gasteiger partial charge in [0.2, 0.25) is 5.60 Å². The molecule has 0 amide bonds. The van der Waals surface area contributed by atoms with E-state index in [9.17, 15) is 18.3 Å². The van der Waals surface area contributed by atoms with E-state index in [0.717, 1.165) is 21.5 Å². The van der Waals surface area contributed by atoms with E-state index < -0.39 is 11.8 Å². The molecule has 8 aromatic rings. The molecule has 1 atom stereocenters. The summed E-state index contributed by atoms with van der Waals surface area (Å²) in [6.07, 6.45) is 3.79. The number of thiophene rings is 1. The predicted octanol–water partition coefficient (Wildman–Crippen LogP) is 6.98. The van der Waals surface area contributed by atoms with Gasteiger partial charge in [0.05, 0.1) is 29.8 Å². The summed E-state index contributed by atoms with van der Waals surface area (Å²) in [6.45, 7) is 2.28. The molecule has 1 unspecified atom stereocenters. The molecule has 3 aromatic carbocycles. The van der Waals surface area contributed by atoms with Crippen LogP contribution in [0.15, 0.2) is 104 Å². The summed E-state index contributed by atoms with van der Waals surface area (Å²) in [5.74, 6) is 0.547. The molecule has 5 heterocycles. The number of imidazole rings is 1. The lowest BCUT2D eigenvalue weighted by atomic mass is 9.85. The molecule has 0 saturated carbocycles. The van der Waals surface area contributed by atoms with Crippen LogP contribution >= 0.6 is 11.3 Å². The number of rotatable bonds is 6. The smallest absolute Gasteiger partial charge is 0.396 e. The van der Waals surface area contributed by atoms with Gasteiger partial charge in [-0.3, -0.25) is 0 Å². The maximum Gasteiger partial charge on any atom is 0.425 e. The molecule has 0 spiro atoms. The fraction of sp³-hybridized carbons (Fsp3) is 0.194. The highest BCUT2D eigenvalue weighted by Crippen LogP contribution is 2.47. The van der Waals surface area contributed by atoms with E-state index in [1.165, 1.54) is 35.5 Å². The minimum Gasteiger partial charge on any atom is -0.396 e. The first kappa shape index (κ1) is 32.3. The van der Waals surface area contributed by atoms with Gasteiger partial charge in [-0.2, -0.15) is 23.4 Å². The predicted molar refractivity (Wildman–Crippen MR) is 184 cm³/mol. The lowest BCUT2D eigenvalue weighted by molar-refractivity contribution is -0.247. The summed E-state index contributed by atoms with van der Waals surface area (Å²) in [4.78, 5) is 5.52. The molecule has 2 N–H and O–H groups in total. The third kappa shape index (κ3) is 5.69. The average molecular weight is 684 g/mol. The molecular weight excluding hydrogens is 652 g/mol. The van der Waals surface area contributed by atoms with Crippen LogP contribution in [0.4, 0.5) is 13.2 Å². The van der Waals surface area contributed by atoms with Crippen molar-refractivity contribution in [3.63, 3.8) is 0 Å².